The largest absolute Gasteiger partial charge is 0.465 e. The summed E-state index contributed by atoms with van der Waals surface area (Å²) in [4.78, 5) is 29.3. The quantitative estimate of drug-likeness (QED) is 0.755. The third-order valence-electron chi connectivity index (χ3n) is 5.76. The van der Waals surface area contributed by atoms with Crippen LogP contribution in [-0.4, -0.2) is 38.6 Å². The van der Waals surface area contributed by atoms with Crippen molar-refractivity contribution < 1.29 is 14.3 Å². The lowest BCUT2D eigenvalue weighted by Gasteiger charge is -2.24. The lowest BCUT2D eigenvalue weighted by molar-refractivity contribution is -0.122. The Morgan fingerprint density at radius 1 is 1.33 bits per heavy atom. The second-order valence-corrected chi connectivity index (χ2v) is 8.63. The molecule has 1 unspecified atom stereocenters. The van der Waals surface area contributed by atoms with E-state index in [-0.39, 0.29) is 11.9 Å². The number of hydrogen-bond acceptors (Lipinski definition) is 5. The van der Waals surface area contributed by atoms with Gasteiger partial charge in [0.15, 0.2) is 0 Å². The number of carbonyl (C=O) groups excluding carboxylic acids is 2. The van der Waals surface area contributed by atoms with Crippen LogP contribution in [-0.2, 0) is 14.9 Å². The highest BCUT2D eigenvalue weighted by Gasteiger charge is 2.45. The first-order valence-electron chi connectivity index (χ1n) is 9.23. The first-order chi connectivity index (χ1) is 12.9. The molecule has 1 amide bonds. The minimum absolute atomic E-state index is 0.105. The smallest absolute Gasteiger partial charge is 0.337 e. The highest BCUT2D eigenvalue weighted by molar-refractivity contribution is 7.08. The van der Waals surface area contributed by atoms with Crippen LogP contribution in [0.15, 0.2) is 35.0 Å². The lowest BCUT2D eigenvalue weighted by atomic mass is 9.86. The summed E-state index contributed by atoms with van der Waals surface area (Å²) in [6, 6.07) is 7.59. The standard InChI is InChI=1S/C21H24N2O3S/c1-21(2)17-5-4-15(19(24)26-3)10-18(17)23(20(21)25)12-14-6-8-22(11-14)16-7-9-27-13-16/h4-5,7,9-10,13-14H,6,8,11-12H2,1-3H3. The summed E-state index contributed by atoms with van der Waals surface area (Å²) in [5.74, 6) is 0.144. The number of carbonyl (C=O) groups is 2. The first-order valence-corrected chi connectivity index (χ1v) is 10.2. The van der Waals surface area contributed by atoms with Crippen molar-refractivity contribution in [1.82, 2.24) is 0 Å². The van der Waals surface area contributed by atoms with Gasteiger partial charge in [0.1, 0.15) is 0 Å². The normalized spacial score (nSPS) is 20.9. The van der Waals surface area contributed by atoms with E-state index in [1.807, 2.05) is 24.8 Å². The van der Waals surface area contributed by atoms with Gasteiger partial charge in [-0.3, -0.25) is 4.79 Å². The second-order valence-electron chi connectivity index (χ2n) is 7.85. The van der Waals surface area contributed by atoms with Crippen LogP contribution in [0.25, 0.3) is 0 Å². The molecule has 2 aliphatic rings. The summed E-state index contributed by atoms with van der Waals surface area (Å²) >= 11 is 1.71. The number of amides is 1. The van der Waals surface area contributed by atoms with Crippen molar-refractivity contribution >= 4 is 34.6 Å². The van der Waals surface area contributed by atoms with E-state index in [9.17, 15) is 9.59 Å². The molecule has 0 N–H and O–H groups in total. The number of rotatable bonds is 4. The average molecular weight is 385 g/mol. The Bertz CT molecular complexity index is 876. The van der Waals surface area contributed by atoms with Crippen LogP contribution in [0.2, 0.25) is 0 Å². The maximum absolute atomic E-state index is 13.1. The predicted molar refractivity (Wildman–Crippen MR) is 108 cm³/mol. The van der Waals surface area contributed by atoms with E-state index in [0.29, 0.717) is 18.0 Å². The van der Waals surface area contributed by atoms with E-state index in [0.717, 1.165) is 30.8 Å². The van der Waals surface area contributed by atoms with Crippen molar-refractivity contribution in [3.63, 3.8) is 0 Å². The molecule has 1 aromatic heterocycles. The molecule has 0 saturated carbocycles. The summed E-state index contributed by atoms with van der Waals surface area (Å²) in [7, 11) is 1.37. The fourth-order valence-corrected chi connectivity index (χ4v) is 4.85. The minimum Gasteiger partial charge on any atom is -0.465 e. The number of anilines is 2. The van der Waals surface area contributed by atoms with Gasteiger partial charge >= 0.3 is 5.97 Å². The third-order valence-corrected chi connectivity index (χ3v) is 6.43. The highest BCUT2D eigenvalue weighted by atomic mass is 32.1. The van der Waals surface area contributed by atoms with Gasteiger partial charge in [-0.1, -0.05) is 6.07 Å². The second kappa shape index (κ2) is 6.68. The Morgan fingerprint density at radius 2 is 2.15 bits per heavy atom. The zero-order valence-electron chi connectivity index (χ0n) is 15.9. The van der Waals surface area contributed by atoms with Crippen LogP contribution in [0, 0.1) is 5.92 Å². The summed E-state index contributed by atoms with van der Waals surface area (Å²) in [6.07, 6.45) is 1.06. The Labute approximate surface area is 163 Å². The van der Waals surface area contributed by atoms with Crippen LogP contribution < -0.4 is 9.80 Å². The molecular weight excluding hydrogens is 360 g/mol. The van der Waals surface area contributed by atoms with E-state index in [4.69, 9.17) is 4.74 Å². The van der Waals surface area contributed by atoms with E-state index < -0.39 is 5.41 Å². The maximum atomic E-state index is 13.1. The number of ether oxygens (including phenoxy) is 1. The zero-order chi connectivity index (χ0) is 19.2. The number of nitrogens with zero attached hydrogens (tertiary/aromatic N) is 2. The van der Waals surface area contributed by atoms with Crippen molar-refractivity contribution in [2.75, 3.05) is 36.5 Å². The first kappa shape index (κ1) is 18.0. The molecule has 1 aromatic carbocycles. The molecule has 1 saturated heterocycles. The summed E-state index contributed by atoms with van der Waals surface area (Å²) in [6.45, 7) is 6.56. The molecule has 6 heteroatoms. The maximum Gasteiger partial charge on any atom is 0.337 e. The number of esters is 1. The van der Waals surface area contributed by atoms with E-state index in [1.165, 1.54) is 12.8 Å². The zero-order valence-corrected chi connectivity index (χ0v) is 16.7. The molecule has 2 aliphatic heterocycles. The Hall–Kier alpha value is -2.34. The monoisotopic (exact) mass is 384 g/mol. The third kappa shape index (κ3) is 3.02. The van der Waals surface area contributed by atoms with Gasteiger partial charge in [-0.05, 0) is 55.3 Å². The number of hydrogen-bond donors (Lipinski definition) is 0. The van der Waals surface area contributed by atoms with Gasteiger partial charge < -0.3 is 14.5 Å². The van der Waals surface area contributed by atoms with Crippen LogP contribution in [0.3, 0.4) is 0 Å². The van der Waals surface area contributed by atoms with Gasteiger partial charge in [-0.2, -0.15) is 11.3 Å². The molecule has 5 nitrogen and oxygen atoms in total. The number of thiophene rings is 1. The SMILES string of the molecule is COC(=O)c1ccc2c(c1)N(CC1CCN(c3ccsc3)C1)C(=O)C2(C)C. The van der Waals surface area contributed by atoms with Gasteiger partial charge in [0.05, 0.1) is 18.1 Å². The fourth-order valence-electron chi connectivity index (χ4n) is 4.18. The molecule has 0 bridgehead atoms. The van der Waals surface area contributed by atoms with Crippen molar-refractivity contribution in [3.8, 4) is 0 Å². The molecule has 2 aromatic rings. The fraction of sp³-hybridized carbons (Fsp3) is 0.429. The molecule has 27 heavy (non-hydrogen) atoms. The summed E-state index contributed by atoms with van der Waals surface area (Å²) in [5.41, 5.74) is 3.01. The molecule has 0 radical (unpaired) electrons. The van der Waals surface area contributed by atoms with E-state index >= 15 is 0 Å². The predicted octanol–water partition coefficient (Wildman–Crippen LogP) is 3.69. The lowest BCUT2D eigenvalue weighted by Crippen LogP contribution is -2.39. The van der Waals surface area contributed by atoms with Crippen molar-refractivity contribution in [1.29, 1.82) is 0 Å². The van der Waals surface area contributed by atoms with Gasteiger partial charge in [0.25, 0.3) is 0 Å². The topological polar surface area (TPSA) is 49.9 Å². The van der Waals surface area contributed by atoms with Crippen molar-refractivity contribution in [2.24, 2.45) is 5.92 Å². The number of methoxy groups -OCH3 is 1. The number of fused-ring (bicyclic) bond motifs is 1. The van der Waals surface area contributed by atoms with Gasteiger partial charge in [0.2, 0.25) is 5.91 Å². The molecule has 0 aliphatic carbocycles. The van der Waals surface area contributed by atoms with Crippen LogP contribution in [0.1, 0.15) is 36.2 Å². The molecule has 1 fully saturated rings. The number of benzene rings is 1. The van der Waals surface area contributed by atoms with Gasteiger partial charge in [0, 0.05) is 36.4 Å². The molecular formula is C21H24N2O3S. The van der Waals surface area contributed by atoms with Gasteiger partial charge in [-0.25, -0.2) is 4.79 Å². The Balaban J connectivity index is 1.58. The average Bonchev–Trinajstić information content (AvgIpc) is 3.38. The van der Waals surface area contributed by atoms with Gasteiger partial charge in [-0.15, -0.1) is 0 Å². The van der Waals surface area contributed by atoms with Crippen LogP contribution >= 0.6 is 11.3 Å². The molecule has 142 valence electrons. The van der Waals surface area contributed by atoms with Crippen LogP contribution in [0.5, 0.6) is 0 Å². The molecule has 4 rings (SSSR count). The summed E-state index contributed by atoms with van der Waals surface area (Å²) < 4.78 is 4.85. The minimum atomic E-state index is -0.574. The van der Waals surface area contributed by atoms with E-state index in [2.05, 4.69) is 21.7 Å². The van der Waals surface area contributed by atoms with Crippen molar-refractivity contribution in [3.05, 3.63) is 46.2 Å². The van der Waals surface area contributed by atoms with Crippen molar-refractivity contribution in [2.45, 2.75) is 25.7 Å². The Morgan fingerprint density at radius 3 is 2.85 bits per heavy atom. The Kier molecular flexibility index (Phi) is 4.46. The van der Waals surface area contributed by atoms with Crippen LogP contribution in [0.4, 0.5) is 11.4 Å². The molecule has 1 atom stereocenters. The highest BCUT2D eigenvalue weighted by Crippen LogP contribution is 2.43. The molecule has 3 heterocycles. The van der Waals surface area contributed by atoms with E-state index in [1.54, 1.807) is 23.5 Å². The molecule has 0 spiro atoms. The summed E-state index contributed by atoms with van der Waals surface area (Å²) in [5, 5.41) is 4.27.